The van der Waals surface area contributed by atoms with Crippen LogP contribution in [0.2, 0.25) is 0 Å². The number of aromatic hydroxyl groups is 1. The van der Waals surface area contributed by atoms with Crippen LogP contribution in [0.4, 0.5) is 10.5 Å². The SMILES string of the molecule is CCOc1cc(/C=C2\C(=O)NC(=O)N(c3ccc(Br)cc3)C2=O)cc(Br)c1O. The van der Waals surface area contributed by atoms with Crippen LogP contribution in [0.15, 0.2) is 50.9 Å². The average Bonchev–Trinajstić information content (AvgIpc) is 2.64. The Morgan fingerprint density at radius 2 is 1.82 bits per heavy atom. The molecule has 2 aromatic carbocycles. The summed E-state index contributed by atoms with van der Waals surface area (Å²) in [6, 6.07) is 8.74. The van der Waals surface area contributed by atoms with E-state index in [2.05, 4.69) is 37.2 Å². The van der Waals surface area contributed by atoms with E-state index in [1.165, 1.54) is 18.2 Å². The summed E-state index contributed by atoms with van der Waals surface area (Å²) in [7, 11) is 0. The van der Waals surface area contributed by atoms with Crippen molar-refractivity contribution in [2.24, 2.45) is 0 Å². The van der Waals surface area contributed by atoms with Crippen molar-refractivity contribution < 1.29 is 24.2 Å². The fourth-order valence-corrected chi connectivity index (χ4v) is 3.32. The molecule has 7 nitrogen and oxygen atoms in total. The van der Waals surface area contributed by atoms with Crippen LogP contribution in [-0.4, -0.2) is 29.6 Å². The minimum Gasteiger partial charge on any atom is -0.503 e. The van der Waals surface area contributed by atoms with Crippen molar-refractivity contribution >= 4 is 61.5 Å². The summed E-state index contributed by atoms with van der Waals surface area (Å²) in [5, 5.41) is 12.2. The van der Waals surface area contributed by atoms with Crippen molar-refractivity contribution in [1.29, 1.82) is 0 Å². The number of anilines is 1. The molecule has 0 unspecified atom stereocenters. The number of rotatable bonds is 4. The molecule has 2 aromatic rings. The van der Waals surface area contributed by atoms with E-state index in [4.69, 9.17) is 4.74 Å². The van der Waals surface area contributed by atoms with Gasteiger partial charge in [0.05, 0.1) is 16.8 Å². The quantitative estimate of drug-likeness (QED) is 0.480. The first kappa shape index (κ1) is 20.1. The molecule has 0 spiro atoms. The lowest BCUT2D eigenvalue weighted by atomic mass is 10.1. The summed E-state index contributed by atoms with van der Waals surface area (Å²) in [5.74, 6) is -1.44. The van der Waals surface area contributed by atoms with Crippen molar-refractivity contribution in [2.75, 3.05) is 11.5 Å². The van der Waals surface area contributed by atoms with E-state index in [0.717, 1.165) is 9.37 Å². The number of carbonyl (C=O) groups is 3. The maximum absolute atomic E-state index is 12.9. The topological polar surface area (TPSA) is 95.9 Å². The lowest BCUT2D eigenvalue weighted by Gasteiger charge is -2.26. The van der Waals surface area contributed by atoms with Gasteiger partial charge >= 0.3 is 6.03 Å². The zero-order valence-corrected chi connectivity index (χ0v) is 17.7. The third-order valence-corrected chi connectivity index (χ3v) is 4.98. The number of nitrogens with one attached hydrogen (secondary N) is 1. The van der Waals surface area contributed by atoms with Gasteiger partial charge in [0.1, 0.15) is 5.57 Å². The second-order valence-corrected chi connectivity index (χ2v) is 7.49. The fraction of sp³-hybridized carbons (Fsp3) is 0.105. The molecule has 0 atom stereocenters. The number of hydrogen-bond acceptors (Lipinski definition) is 5. The van der Waals surface area contributed by atoms with Gasteiger partial charge < -0.3 is 9.84 Å². The summed E-state index contributed by atoms with van der Waals surface area (Å²) in [5.41, 5.74) is 0.547. The largest absolute Gasteiger partial charge is 0.503 e. The van der Waals surface area contributed by atoms with Crippen LogP contribution in [0.3, 0.4) is 0 Å². The molecule has 0 aromatic heterocycles. The fourth-order valence-electron chi connectivity index (χ4n) is 2.59. The standard InChI is InChI=1S/C19H14Br2N2O5/c1-2-28-15-9-10(8-14(21)16(15)24)7-13-17(25)22-19(27)23(18(13)26)12-5-3-11(20)4-6-12/h3-9,24H,2H2,1H3,(H,22,25,27)/b13-7+. The number of nitrogens with zero attached hydrogens (tertiary/aromatic N) is 1. The number of phenolic OH excluding ortho intramolecular Hbond substituents is 1. The highest BCUT2D eigenvalue weighted by Crippen LogP contribution is 2.36. The molecular formula is C19H14Br2N2O5. The minimum absolute atomic E-state index is 0.0879. The van der Waals surface area contributed by atoms with Gasteiger partial charge in [0.15, 0.2) is 11.5 Å². The first-order valence-electron chi connectivity index (χ1n) is 8.14. The van der Waals surface area contributed by atoms with Crippen LogP contribution in [0.25, 0.3) is 6.08 Å². The highest BCUT2D eigenvalue weighted by molar-refractivity contribution is 9.10. The first-order chi connectivity index (χ1) is 13.3. The van der Waals surface area contributed by atoms with E-state index in [9.17, 15) is 19.5 Å². The Hall–Kier alpha value is -2.65. The Bertz CT molecular complexity index is 1000. The van der Waals surface area contributed by atoms with Gasteiger partial charge in [-0.2, -0.15) is 0 Å². The van der Waals surface area contributed by atoms with Gasteiger partial charge in [-0.15, -0.1) is 0 Å². The number of barbiturate groups is 1. The molecule has 0 radical (unpaired) electrons. The molecule has 28 heavy (non-hydrogen) atoms. The average molecular weight is 510 g/mol. The van der Waals surface area contributed by atoms with E-state index in [-0.39, 0.29) is 17.1 Å². The number of phenols is 1. The molecule has 1 heterocycles. The van der Waals surface area contributed by atoms with Crippen LogP contribution >= 0.6 is 31.9 Å². The zero-order chi connectivity index (χ0) is 20.4. The van der Waals surface area contributed by atoms with Gasteiger partial charge in [-0.25, -0.2) is 9.69 Å². The van der Waals surface area contributed by atoms with Gasteiger partial charge in [-0.3, -0.25) is 14.9 Å². The molecule has 1 aliphatic rings. The summed E-state index contributed by atoms with van der Waals surface area (Å²) < 4.78 is 6.48. The molecule has 1 aliphatic heterocycles. The number of hydrogen-bond donors (Lipinski definition) is 2. The molecule has 3 rings (SSSR count). The Labute approximate surface area is 177 Å². The van der Waals surface area contributed by atoms with E-state index < -0.39 is 17.8 Å². The third kappa shape index (κ3) is 3.95. The second-order valence-electron chi connectivity index (χ2n) is 5.72. The van der Waals surface area contributed by atoms with E-state index in [0.29, 0.717) is 22.3 Å². The van der Waals surface area contributed by atoms with Gasteiger partial charge in [0.2, 0.25) is 0 Å². The second kappa shape index (κ2) is 8.15. The van der Waals surface area contributed by atoms with E-state index >= 15 is 0 Å². The highest BCUT2D eigenvalue weighted by atomic mass is 79.9. The maximum Gasteiger partial charge on any atom is 0.335 e. The number of benzene rings is 2. The summed E-state index contributed by atoms with van der Waals surface area (Å²) in [6.45, 7) is 2.09. The van der Waals surface area contributed by atoms with Gasteiger partial charge in [0.25, 0.3) is 11.8 Å². The van der Waals surface area contributed by atoms with Gasteiger partial charge in [-0.05, 0) is 70.9 Å². The summed E-state index contributed by atoms with van der Waals surface area (Å²) in [4.78, 5) is 38.2. The summed E-state index contributed by atoms with van der Waals surface area (Å²) >= 11 is 6.50. The molecule has 9 heteroatoms. The van der Waals surface area contributed by atoms with Gasteiger partial charge in [0, 0.05) is 4.47 Å². The molecule has 4 amide bonds. The molecule has 1 saturated heterocycles. The number of amides is 4. The Balaban J connectivity index is 2.03. The van der Waals surface area contributed by atoms with Crippen molar-refractivity contribution in [3.05, 3.63) is 56.5 Å². The predicted molar refractivity (Wildman–Crippen MR) is 110 cm³/mol. The van der Waals surface area contributed by atoms with Crippen LogP contribution < -0.4 is 15.0 Å². The molecule has 2 N–H and O–H groups in total. The number of ether oxygens (including phenoxy) is 1. The first-order valence-corrected chi connectivity index (χ1v) is 9.72. The van der Waals surface area contributed by atoms with Crippen molar-refractivity contribution in [1.82, 2.24) is 5.32 Å². The number of urea groups is 1. The van der Waals surface area contributed by atoms with Crippen LogP contribution in [-0.2, 0) is 9.59 Å². The molecule has 0 aliphatic carbocycles. The van der Waals surface area contributed by atoms with Gasteiger partial charge in [-0.1, -0.05) is 15.9 Å². The Morgan fingerprint density at radius 1 is 1.14 bits per heavy atom. The van der Waals surface area contributed by atoms with E-state index in [1.54, 1.807) is 31.2 Å². The van der Waals surface area contributed by atoms with Crippen LogP contribution in [0.5, 0.6) is 11.5 Å². The highest BCUT2D eigenvalue weighted by Gasteiger charge is 2.36. The zero-order valence-electron chi connectivity index (χ0n) is 14.5. The lowest BCUT2D eigenvalue weighted by Crippen LogP contribution is -2.54. The molecule has 0 bridgehead atoms. The maximum atomic E-state index is 12.9. The van der Waals surface area contributed by atoms with Crippen molar-refractivity contribution in [3.8, 4) is 11.5 Å². The predicted octanol–water partition coefficient (Wildman–Crippen LogP) is 3.98. The normalized spacial score (nSPS) is 15.8. The van der Waals surface area contributed by atoms with E-state index in [1.807, 2.05) is 0 Å². The monoisotopic (exact) mass is 508 g/mol. The summed E-state index contributed by atoms with van der Waals surface area (Å²) in [6.07, 6.45) is 1.34. The minimum atomic E-state index is -0.823. The van der Waals surface area contributed by atoms with Crippen molar-refractivity contribution in [3.63, 3.8) is 0 Å². The Kier molecular flexibility index (Phi) is 5.85. The van der Waals surface area contributed by atoms with Crippen molar-refractivity contribution in [2.45, 2.75) is 6.92 Å². The third-order valence-electron chi connectivity index (χ3n) is 3.85. The molecule has 144 valence electrons. The molecular weight excluding hydrogens is 496 g/mol. The molecule has 1 fully saturated rings. The lowest BCUT2D eigenvalue weighted by molar-refractivity contribution is -0.122. The number of imide groups is 2. The van der Waals surface area contributed by atoms with Crippen LogP contribution in [0.1, 0.15) is 12.5 Å². The number of carbonyl (C=O) groups excluding carboxylic acids is 3. The number of halogens is 2. The Morgan fingerprint density at radius 3 is 2.46 bits per heavy atom. The molecule has 0 saturated carbocycles. The smallest absolute Gasteiger partial charge is 0.335 e. The van der Waals surface area contributed by atoms with Crippen LogP contribution in [0, 0.1) is 0 Å².